The van der Waals surface area contributed by atoms with E-state index in [1.807, 2.05) is 29.2 Å². The van der Waals surface area contributed by atoms with E-state index in [9.17, 15) is 19.8 Å². The van der Waals surface area contributed by atoms with Crippen LogP contribution in [0.1, 0.15) is 50.0 Å². The monoisotopic (exact) mass is 489 g/mol. The van der Waals surface area contributed by atoms with E-state index in [2.05, 4.69) is 10.3 Å². The third kappa shape index (κ3) is 4.38. The summed E-state index contributed by atoms with van der Waals surface area (Å²) in [4.78, 5) is 29.5. The molecule has 0 amide bonds. The van der Waals surface area contributed by atoms with Gasteiger partial charge in [0.05, 0.1) is 35.7 Å². The summed E-state index contributed by atoms with van der Waals surface area (Å²) in [7, 11) is 0. The Morgan fingerprint density at radius 2 is 1.80 bits per heavy atom. The van der Waals surface area contributed by atoms with Crippen molar-refractivity contribution in [3.63, 3.8) is 0 Å². The highest BCUT2D eigenvalue weighted by molar-refractivity contribution is 7.80. The van der Waals surface area contributed by atoms with E-state index < -0.39 is 18.0 Å². The number of carboxylic acid groups (broad SMARTS) is 2. The summed E-state index contributed by atoms with van der Waals surface area (Å²) in [5.74, 6) is -0.862. The summed E-state index contributed by atoms with van der Waals surface area (Å²) < 4.78 is 11.7. The Hall–Kier alpha value is -4.44. The molecular weight excluding hydrogens is 470 g/mol. The molecule has 3 N–H and O–H groups in total. The number of carboxylic acids is 2. The van der Waals surface area contributed by atoms with Gasteiger partial charge in [-0.25, -0.2) is 9.59 Å². The van der Waals surface area contributed by atoms with Gasteiger partial charge in [-0.05, 0) is 66.8 Å². The Bertz CT molecular complexity index is 1370. The lowest BCUT2D eigenvalue weighted by Crippen LogP contribution is -2.28. The summed E-state index contributed by atoms with van der Waals surface area (Å²) in [6.45, 7) is 0.389. The zero-order valence-electron chi connectivity index (χ0n) is 18.1. The second-order valence-electron chi connectivity index (χ2n) is 7.95. The first-order valence-corrected chi connectivity index (χ1v) is 11.0. The predicted molar refractivity (Wildman–Crippen MR) is 128 cm³/mol. The fourth-order valence-electron chi connectivity index (χ4n) is 4.14. The molecule has 0 aliphatic carbocycles. The van der Waals surface area contributed by atoms with E-state index in [0.29, 0.717) is 34.5 Å². The molecule has 176 valence electrons. The van der Waals surface area contributed by atoms with Gasteiger partial charge in [0.1, 0.15) is 23.3 Å². The van der Waals surface area contributed by atoms with E-state index in [0.717, 1.165) is 11.8 Å². The van der Waals surface area contributed by atoms with E-state index >= 15 is 0 Å². The number of rotatable bonds is 7. The highest BCUT2D eigenvalue weighted by Gasteiger charge is 2.42. The number of aromatic carboxylic acids is 2. The molecular formula is C25H19N3O6S. The summed E-state index contributed by atoms with van der Waals surface area (Å²) in [5, 5.41) is 22.7. The predicted octanol–water partition coefficient (Wildman–Crippen LogP) is 4.50. The van der Waals surface area contributed by atoms with Crippen molar-refractivity contribution in [2.75, 3.05) is 0 Å². The molecule has 0 saturated carbocycles. The average molecular weight is 490 g/mol. The van der Waals surface area contributed by atoms with Crippen molar-refractivity contribution < 1.29 is 28.6 Å². The van der Waals surface area contributed by atoms with Crippen LogP contribution in [0.2, 0.25) is 0 Å². The van der Waals surface area contributed by atoms with Crippen LogP contribution in [-0.2, 0) is 6.54 Å². The molecule has 0 bridgehead atoms. The molecule has 4 aromatic rings. The lowest BCUT2D eigenvalue weighted by Gasteiger charge is -2.25. The van der Waals surface area contributed by atoms with Gasteiger partial charge in [-0.3, -0.25) is 4.98 Å². The third-order valence-electron chi connectivity index (χ3n) is 5.73. The Morgan fingerprint density at radius 1 is 1.03 bits per heavy atom. The maximum absolute atomic E-state index is 11.5. The molecule has 9 nitrogen and oxygen atoms in total. The molecule has 2 atom stereocenters. The average Bonchev–Trinajstić information content (AvgIpc) is 3.61. The zero-order chi connectivity index (χ0) is 24.5. The van der Waals surface area contributed by atoms with Crippen molar-refractivity contribution in [1.82, 2.24) is 15.2 Å². The van der Waals surface area contributed by atoms with Crippen molar-refractivity contribution >= 4 is 29.3 Å². The Kier molecular flexibility index (Phi) is 5.79. The number of nitrogens with one attached hydrogen (secondary N) is 1. The zero-order valence-corrected chi connectivity index (χ0v) is 18.9. The van der Waals surface area contributed by atoms with Gasteiger partial charge in [0.2, 0.25) is 0 Å². The minimum atomic E-state index is -1.23. The molecule has 0 radical (unpaired) electrons. The highest BCUT2D eigenvalue weighted by Crippen LogP contribution is 2.41. The molecule has 1 saturated heterocycles. The first-order chi connectivity index (χ1) is 16.9. The lowest BCUT2D eigenvalue weighted by molar-refractivity contribution is 0.0696. The molecule has 1 fully saturated rings. The maximum Gasteiger partial charge on any atom is 0.335 e. The van der Waals surface area contributed by atoms with Crippen LogP contribution in [0.25, 0.3) is 11.3 Å². The number of nitrogens with zero attached hydrogens (tertiary/aromatic N) is 2. The molecule has 1 aromatic carbocycles. The minimum Gasteiger partial charge on any atom is -0.478 e. The lowest BCUT2D eigenvalue weighted by atomic mass is 10.0. The van der Waals surface area contributed by atoms with Crippen LogP contribution in [0.4, 0.5) is 0 Å². The van der Waals surface area contributed by atoms with Crippen molar-refractivity contribution in [3.05, 3.63) is 101 Å². The van der Waals surface area contributed by atoms with Gasteiger partial charge >= 0.3 is 11.9 Å². The van der Waals surface area contributed by atoms with E-state index in [-0.39, 0.29) is 17.2 Å². The molecule has 0 unspecified atom stereocenters. The molecule has 3 aromatic heterocycles. The molecule has 4 heterocycles. The van der Waals surface area contributed by atoms with Crippen LogP contribution in [0.5, 0.6) is 0 Å². The minimum absolute atomic E-state index is 0.146. The summed E-state index contributed by atoms with van der Waals surface area (Å²) in [6, 6.07) is 15.9. The highest BCUT2D eigenvalue weighted by atomic mass is 32.1. The topological polar surface area (TPSA) is 129 Å². The number of hydrogen-bond donors (Lipinski definition) is 3. The first kappa shape index (κ1) is 22.4. The summed E-state index contributed by atoms with van der Waals surface area (Å²) in [6.07, 6.45) is 3.29. The van der Waals surface area contributed by atoms with Crippen molar-refractivity contribution in [1.29, 1.82) is 0 Å². The van der Waals surface area contributed by atoms with Crippen molar-refractivity contribution in [2.24, 2.45) is 0 Å². The molecule has 1 aliphatic rings. The van der Waals surface area contributed by atoms with E-state index in [1.54, 1.807) is 30.7 Å². The first-order valence-electron chi connectivity index (χ1n) is 10.6. The quantitative estimate of drug-likeness (QED) is 0.319. The van der Waals surface area contributed by atoms with Gasteiger partial charge in [-0.1, -0.05) is 6.07 Å². The van der Waals surface area contributed by atoms with Crippen LogP contribution in [-0.4, -0.2) is 37.1 Å². The standard InChI is InChI=1S/C25H19N3O6S/c29-23(30)15-10-14(11-16(12-15)24(31)32)19-6-7-20(34-19)22-21(18-5-1-2-8-26-18)27-25(35)28(22)13-17-4-3-9-33-17/h1-12,21-22H,13H2,(H,27,35)(H,29,30)(H,31,32)/t21-,22-/m0/s1. The normalized spacial score (nSPS) is 17.4. The second kappa shape index (κ2) is 9.07. The molecule has 1 aliphatic heterocycles. The molecule has 10 heteroatoms. The van der Waals surface area contributed by atoms with Gasteiger partial charge in [0, 0.05) is 11.8 Å². The Morgan fingerprint density at radius 3 is 2.43 bits per heavy atom. The number of benzene rings is 1. The fourth-order valence-corrected chi connectivity index (χ4v) is 4.44. The second-order valence-corrected chi connectivity index (χ2v) is 8.33. The van der Waals surface area contributed by atoms with Crippen LogP contribution in [0.3, 0.4) is 0 Å². The number of carbonyl (C=O) groups is 2. The Labute approximate surface area is 204 Å². The SMILES string of the molecule is O=C(O)c1cc(C(=O)O)cc(-c2ccc([C@H]3[C@H](c4ccccn4)NC(=S)N3Cc3ccco3)o2)c1. The number of furan rings is 2. The van der Waals surface area contributed by atoms with Crippen LogP contribution in [0.15, 0.2) is 82.0 Å². The maximum atomic E-state index is 11.5. The van der Waals surface area contributed by atoms with E-state index in [1.165, 1.54) is 12.1 Å². The van der Waals surface area contributed by atoms with Gasteiger partial charge < -0.3 is 29.3 Å². The molecule has 0 spiro atoms. The van der Waals surface area contributed by atoms with Gasteiger partial charge in [0.25, 0.3) is 0 Å². The van der Waals surface area contributed by atoms with Crippen molar-refractivity contribution in [2.45, 2.75) is 18.6 Å². The fraction of sp³-hybridized carbons (Fsp3) is 0.120. The summed E-state index contributed by atoms with van der Waals surface area (Å²) >= 11 is 5.63. The number of thiocarbonyl (C=S) groups is 1. The Balaban J connectivity index is 1.56. The van der Waals surface area contributed by atoms with Crippen LogP contribution < -0.4 is 5.32 Å². The van der Waals surface area contributed by atoms with Crippen LogP contribution >= 0.6 is 12.2 Å². The summed E-state index contributed by atoms with van der Waals surface area (Å²) in [5.41, 5.74) is 0.814. The van der Waals surface area contributed by atoms with Gasteiger partial charge in [0.15, 0.2) is 5.11 Å². The van der Waals surface area contributed by atoms with Crippen LogP contribution in [0, 0.1) is 0 Å². The van der Waals surface area contributed by atoms with Crippen molar-refractivity contribution in [3.8, 4) is 11.3 Å². The third-order valence-corrected chi connectivity index (χ3v) is 6.09. The van der Waals surface area contributed by atoms with Gasteiger partial charge in [-0.15, -0.1) is 0 Å². The molecule has 35 heavy (non-hydrogen) atoms. The van der Waals surface area contributed by atoms with Gasteiger partial charge in [-0.2, -0.15) is 0 Å². The number of pyridine rings is 1. The number of hydrogen-bond acceptors (Lipinski definition) is 6. The number of aromatic nitrogens is 1. The van der Waals surface area contributed by atoms with E-state index in [4.69, 9.17) is 21.1 Å². The largest absolute Gasteiger partial charge is 0.478 e. The smallest absolute Gasteiger partial charge is 0.335 e. The molecule has 5 rings (SSSR count).